The van der Waals surface area contributed by atoms with Crippen molar-refractivity contribution in [3.63, 3.8) is 0 Å². The highest BCUT2D eigenvalue weighted by atomic mass is 16.5. The predicted molar refractivity (Wildman–Crippen MR) is 94.4 cm³/mol. The fraction of sp³-hybridized carbons (Fsp3) is 0.350. The molecule has 0 bridgehead atoms. The van der Waals surface area contributed by atoms with Crippen LogP contribution in [-0.4, -0.2) is 23.1 Å². The van der Waals surface area contributed by atoms with Gasteiger partial charge in [0.2, 0.25) is 0 Å². The summed E-state index contributed by atoms with van der Waals surface area (Å²) in [5, 5.41) is 20.3. The summed E-state index contributed by atoms with van der Waals surface area (Å²) >= 11 is 0. The summed E-state index contributed by atoms with van der Waals surface area (Å²) < 4.78 is 5.73. The molecule has 128 valence electrons. The summed E-state index contributed by atoms with van der Waals surface area (Å²) in [5.74, 6) is -0.120. The number of hydrogen-bond acceptors (Lipinski definition) is 4. The largest absolute Gasteiger partial charge is 0.504 e. The van der Waals surface area contributed by atoms with Crippen LogP contribution in [-0.2, 0) is 11.3 Å². The van der Waals surface area contributed by atoms with E-state index < -0.39 is 0 Å². The number of rotatable bonds is 7. The Morgan fingerprint density at radius 3 is 2.38 bits per heavy atom. The number of hydrogen-bond donors (Lipinski definition) is 2. The van der Waals surface area contributed by atoms with E-state index in [1.807, 2.05) is 30.3 Å². The van der Waals surface area contributed by atoms with Gasteiger partial charge in [-0.3, -0.25) is 4.79 Å². The monoisotopic (exact) mass is 328 g/mol. The zero-order chi connectivity index (χ0) is 17.7. The second-order valence-corrected chi connectivity index (χ2v) is 6.31. The third kappa shape index (κ3) is 3.77. The molecule has 2 rings (SSSR count). The molecule has 2 aromatic rings. The molecule has 0 saturated heterocycles. The number of carbonyl (C=O) groups is 1. The highest BCUT2D eigenvalue weighted by Gasteiger charge is 2.22. The van der Waals surface area contributed by atoms with Crippen molar-refractivity contribution in [2.75, 3.05) is 6.61 Å². The molecular weight excluding hydrogens is 304 g/mol. The summed E-state index contributed by atoms with van der Waals surface area (Å²) in [7, 11) is 0. The van der Waals surface area contributed by atoms with Crippen molar-refractivity contribution in [3.05, 3.63) is 47.0 Å². The van der Waals surface area contributed by atoms with E-state index in [1.165, 1.54) is 0 Å². The second kappa shape index (κ2) is 7.97. The Morgan fingerprint density at radius 2 is 1.79 bits per heavy atom. The van der Waals surface area contributed by atoms with E-state index in [0.717, 1.165) is 17.5 Å². The first kappa shape index (κ1) is 18.0. The fourth-order valence-corrected chi connectivity index (χ4v) is 2.69. The second-order valence-electron chi connectivity index (χ2n) is 6.31. The fourth-order valence-electron chi connectivity index (χ4n) is 2.69. The maximum Gasteiger partial charge on any atom is 0.168 e. The van der Waals surface area contributed by atoms with Crippen LogP contribution in [0.4, 0.5) is 0 Å². The van der Waals surface area contributed by atoms with Gasteiger partial charge in [-0.2, -0.15) is 0 Å². The molecule has 0 heterocycles. The van der Waals surface area contributed by atoms with Gasteiger partial charge < -0.3 is 14.9 Å². The first-order valence-electron chi connectivity index (χ1n) is 8.13. The molecule has 0 radical (unpaired) electrons. The maximum absolute atomic E-state index is 11.5. The summed E-state index contributed by atoms with van der Waals surface area (Å²) in [6.45, 7) is 6.74. The summed E-state index contributed by atoms with van der Waals surface area (Å²) in [4.78, 5) is 11.5. The minimum absolute atomic E-state index is 0.0847. The van der Waals surface area contributed by atoms with Gasteiger partial charge in [0.15, 0.2) is 17.8 Å². The number of aromatic hydroxyl groups is 2. The van der Waals surface area contributed by atoms with Gasteiger partial charge in [-0.05, 0) is 30.4 Å². The quantitative estimate of drug-likeness (QED) is 0.448. The molecular formula is C20H24O4. The van der Waals surface area contributed by atoms with Crippen LogP contribution in [0.1, 0.15) is 41.8 Å². The molecule has 0 aliphatic heterocycles. The molecule has 0 unspecified atom stereocenters. The Balaban J connectivity index is 2.50. The SMILES string of the molecule is Cc1c(O)c(O)c(C=O)c(COCCC(C)C)c1-c1ccccc1. The van der Waals surface area contributed by atoms with Crippen LogP contribution in [0.3, 0.4) is 0 Å². The Bertz CT molecular complexity index is 706. The lowest BCUT2D eigenvalue weighted by atomic mass is 9.90. The lowest BCUT2D eigenvalue weighted by Crippen LogP contribution is -2.05. The molecule has 0 fully saturated rings. The first-order chi connectivity index (χ1) is 11.5. The van der Waals surface area contributed by atoms with Crippen LogP contribution in [0, 0.1) is 12.8 Å². The standard InChI is InChI=1S/C20H24O4/c1-13(2)9-10-24-12-17-16(11-21)20(23)19(22)14(3)18(17)15-7-5-4-6-8-15/h4-8,11,13,22-23H,9-10,12H2,1-3H3. The third-order valence-corrected chi connectivity index (χ3v) is 4.10. The van der Waals surface area contributed by atoms with Gasteiger partial charge in [0.05, 0.1) is 12.2 Å². The summed E-state index contributed by atoms with van der Waals surface area (Å²) in [6.07, 6.45) is 1.49. The molecule has 24 heavy (non-hydrogen) atoms. The van der Waals surface area contributed by atoms with Crippen molar-refractivity contribution in [2.24, 2.45) is 5.92 Å². The van der Waals surface area contributed by atoms with E-state index in [1.54, 1.807) is 6.92 Å². The summed E-state index contributed by atoms with van der Waals surface area (Å²) in [5.41, 5.74) is 2.83. The topological polar surface area (TPSA) is 66.8 Å². The van der Waals surface area contributed by atoms with Gasteiger partial charge in [0.1, 0.15) is 0 Å². The number of phenolic OH excluding ortho intramolecular Hbond substituents is 2. The van der Waals surface area contributed by atoms with Crippen LogP contribution in [0.5, 0.6) is 11.5 Å². The third-order valence-electron chi connectivity index (χ3n) is 4.10. The molecule has 0 aliphatic carbocycles. The van der Waals surface area contributed by atoms with Gasteiger partial charge in [0.25, 0.3) is 0 Å². The van der Waals surface area contributed by atoms with Gasteiger partial charge in [-0.25, -0.2) is 0 Å². The van der Waals surface area contributed by atoms with Gasteiger partial charge in [0, 0.05) is 17.7 Å². The molecule has 4 heteroatoms. The van der Waals surface area contributed by atoms with Crippen LogP contribution >= 0.6 is 0 Å². The van der Waals surface area contributed by atoms with E-state index in [9.17, 15) is 15.0 Å². The highest BCUT2D eigenvalue weighted by Crippen LogP contribution is 2.42. The molecule has 0 saturated carbocycles. The van der Waals surface area contributed by atoms with Gasteiger partial charge >= 0.3 is 0 Å². The highest BCUT2D eigenvalue weighted by molar-refractivity contribution is 5.90. The Morgan fingerprint density at radius 1 is 1.12 bits per heavy atom. The molecule has 0 spiro atoms. The average molecular weight is 328 g/mol. The van der Waals surface area contributed by atoms with Crippen molar-refractivity contribution in [2.45, 2.75) is 33.8 Å². The minimum Gasteiger partial charge on any atom is -0.504 e. The van der Waals surface area contributed by atoms with E-state index in [4.69, 9.17) is 4.74 Å². The van der Waals surface area contributed by atoms with Crippen LogP contribution in [0.2, 0.25) is 0 Å². The van der Waals surface area contributed by atoms with Crippen LogP contribution in [0.25, 0.3) is 11.1 Å². The number of carbonyl (C=O) groups excluding carboxylic acids is 1. The van der Waals surface area contributed by atoms with Gasteiger partial charge in [-0.15, -0.1) is 0 Å². The Hall–Kier alpha value is -2.33. The molecule has 2 N–H and O–H groups in total. The minimum atomic E-state index is -0.385. The van der Waals surface area contributed by atoms with E-state index in [2.05, 4.69) is 13.8 Å². The molecule has 0 atom stereocenters. The zero-order valence-electron chi connectivity index (χ0n) is 14.4. The van der Waals surface area contributed by atoms with E-state index in [-0.39, 0.29) is 23.7 Å². The normalized spacial score (nSPS) is 11.0. The van der Waals surface area contributed by atoms with Crippen molar-refractivity contribution >= 4 is 6.29 Å². The lowest BCUT2D eigenvalue weighted by molar-refractivity contribution is 0.105. The van der Waals surface area contributed by atoms with Crippen molar-refractivity contribution in [3.8, 4) is 22.6 Å². The van der Waals surface area contributed by atoms with E-state index in [0.29, 0.717) is 29.9 Å². The Kier molecular flexibility index (Phi) is 5.99. The molecule has 0 aromatic heterocycles. The number of ether oxygens (including phenoxy) is 1. The van der Waals surface area contributed by atoms with Crippen LogP contribution < -0.4 is 0 Å². The smallest absolute Gasteiger partial charge is 0.168 e. The van der Waals surface area contributed by atoms with E-state index >= 15 is 0 Å². The Labute approximate surface area is 142 Å². The molecule has 0 aliphatic rings. The number of aldehydes is 1. The summed E-state index contributed by atoms with van der Waals surface area (Å²) in [6, 6.07) is 9.50. The number of phenols is 2. The predicted octanol–water partition coefficient (Wildman–Crippen LogP) is 4.45. The maximum atomic E-state index is 11.5. The lowest BCUT2D eigenvalue weighted by Gasteiger charge is -2.19. The van der Waals surface area contributed by atoms with Crippen molar-refractivity contribution in [1.29, 1.82) is 0 Å². The first-order valence-corrected chi connectivity index (χ1v) is 8.13. The number of benzene rings is 2. The molecule has 4 nitrogen and oxygen atoms in total. The zero-order valence-corrected chi connectivity index (χ0v) is 14.4. The molecule has 2 aromatic carbocycles. The van der Waals surface area contributed by atoms with Crippen LogP contribution in [0.15, 0.2) is 30.3 Å². The molecule has 0 amide bonds. The van der Waals surface area contributed by atoms with Crippen molar-refractivity contribution in [1.82, 2.24) is 0 Å². The van der Waals surface area contributed by atoms with Crippen molar-refractivity contribution < 1.29 is 19.7 Å². The van der Waals surface area contributed by atoms with Gasteiger partial charge in [-0.1, -0.05) is 44.2 Å². The average Bonchev–Trinajstić information content (AvgIpc) is 2.57.